The zero-order valence-electron chi connectivity index (χ0n) is 21.5. The van der Waals surface area contributed by atoms with Crippen LogP contribution in [0.1, 0.15) is 18.6 Å². The summed E-state index contributed by atoms with van der Waals surface area (Å²) >= 11 is 0. The Morgan fingerprint density at radius 3 is 2.15 bits per heavy atom. The van der Waals surface area contributed by atoms with Crippen LogP contribution in [0.5, 0.6) is 17.2 Å². The van der Waals surface area contributed by atoms with Gasteiger partial charge in [-0.1, -0.05) is 0 Å². The molecule has 0 bridgehead atoms. The van der Waals surface area contributed by atoms with Crippen LogP contribution in [-0.2, 0) is 9.47 Å². The van der Waals surface area contributed by atoms with Gasteiger partial charge in [-0.3, -0.25) is 4.79 Å². The van der Waals surface area contributed by atoms with Gasteiger partial charge in [-0.05, 0) is 31.2 Å². The van der Waals surface area contributed by atoms with Gasteiger partial charge in [-0.25, -0.2) is 0 Å². The molecular formula is C27H30O14. The van der Waals surface area contributed by atoms with Gasteiger partial charge < -0.3 is 64.6 Å². The van der Waals surface area contributed by atoms with E-state index in [0.717, 1.165) is 12.1 Å². The van der Waals surface area contributed by atoms with E-state index in [2.05, 4.69) is 0 Å². The molecule has 2 aromatic carbocycles. The molecule has 10 atom stereocenters. The number of hydrogen-bond donors (Lipinski definition) is 9. The van der Waals surface area contributed by atoms with Crippen molar-refractivity contribution in [1.29, 1.82) is 0 Å². The van der Waals surface area contributed by atoms with Gasteiger partial charge in [0, 0.05) is 17.7 Å². The van der Waals surface area contributed by atoms with Gasteiger partial charge in [0.2, 0.25) is 6.29 Å². The maximum Gasteiger partial charge on any atom is 0.229 e. The summed E-state index contributed by atoms with van der Waals surface area (Å²) in [4.78, 5) is 13.2. The minimum absolute atomic E-state index is 0.0260. The molecular weight excluding hydrogens is 548 g/mol. The lowest BCUT2D eigenvalue weighted by Crippen LogP contribution is -2.60. The highest BCUT2D eigenvalue weighted by Crippen LogP contribution is 2.46. The Balaban J connectivity index is 1.68. The molecule has 0 spiro atoms. The van der Waals surface area contributed by atoms with Crippen LogP contribution in [0.2, 0.25) is 0 Å². The lowest BCUT2D eigenvalue weighted by atomic mass is 9.90. The van der Waals surface area contributed by atoms with Crippen molar-refractivity contribution >= 4 is 11.0 Å². The fourth-order valence-electron chi connectivity index (χ4n) is 5.01. The summed E-state index contributed by atoms with van der Waals surface area (Å²) in [5, 5.41) is 92.4. The number of phenols is 2. The highest BCUT2D eigenvalue weighted by molar-refractivity contribution is 5.88. The van der Waals surface area contributed by atoms with Crippen LogP contribution < -0.4 is 10.2 Å². The highest BCUT2D eigenvalue weighted by atomic mass is 16.7. The van der Waals surface area contributed by atoms with Gasteiger partial charge in [0.15, 0.2) is 5.43 Å². The summed E-state index contributed by atoms with van der Waals surface area (Å²) in [6.07, 6.45) is -16.1. The number of fused-ring (bicyclic) bond motifs is 1. The van der Waals surface area contributed by atoms with E-state index in [1.54, 1.807) is 0 Å². The van der Waals surface area contributed by atoms with E-state index in [1.165, 1.54) is 31.2 Å². The van der Waals surface area contributed by atoms with Crippen molar-refractivity contribution in [2.75, 3.05) is 6.61 Å². The summed E-state index contributed by atoms with van der Waals surface area (Å²) < 4.78 is 22.8. The Morgan fingerprint density at radius 2 is 1.49 bits per heavy atom. The molecule has 5 rings (SSSR count). The summed E-state index contributed by atoms with van der Waals surface area (Å²) in [6, 6.07) is 7.94. The molecule has 14 heteroatoms. The average Bonchev–Trinajstić information content (AvgIpc) is 2.94. The maximum atomic E-state index is 13.2. The van der Waals surface area contributed by atoms with Gasteiger partial charge in [0.1, 0.15) is 82.8 Å². The monoisotopic (exact) mass is 578 g/mol. The van der Waals surface area contributed by atoms with Crippen molar-refractivity contribution in [3.63, 3.8) is 0 Å². The molecule has 0 amide bonds. The predicted octanol–water partition coefficient (Wildman–Crippen LogP) is -1.41. The van der Waals surface area contributed by atoms with Crippen molar-refractivity contribution in [3.05, 3.63) is 52.2 Å². The minimum atomic E-state index is -1.86. The van der Waals surface area contributed by atoms with Crippen molar-refractivity contribution < 1.29 is 64.6 Å². The van der Waals surface area contributed by atoms with E-state index < -0.39 is 79.0 Å². The van der Waals surface area contributed by atoms with Crippen LogP contribution in [0.4, 0.5) is 0 Å². The first-order valence-electron chi connectivity index (χ1n) is 12.7. The van der Waals surface area contributed by atoms with E-state index in [9.17, 15) is 50.8 Å². The molecule has 3 aromatic rings. The topological polar surface area (TPSA) is 240 Å². The van der Waals surface area contributed by atoms with Gasteiger partial charge in [0.25, 0.3) is 0 Å². The first-order valence-corrected chi connectivity index (χ1v) is 12.7. The van der Waals surface area contributed by atoms with Crippen LogP contribution in [0.3, 0.4) is 0 Å². The van der Waals surface area contributed by atoms with Gasteiger partial charge in [-0.15, -0.1) is 0 Å². The number of phenolic OH excluding ortho intramolecular Hbond substituents is 2. The Bertz CT molecular complexity index is 1450. The molecule has 3 heterocycles. The molecule has 0 radical (unpaired) electrons. The molecule has 2 aliphatic heterocycles. The SMILES string of the molecule is C[C@@H]1O[C@@H](c2c(O[C@@H]3O[C@H](CO)[C@@H](O)[C@H](O)[C@H]3O)cc3oc(-c4ccc(O)cc4)cc(=O)c3c2O)[C@H](O)[C@@H](O)[C@H]1O. The van der Waals surface area contributed by atoms with Gasteiger partial charge in [-0.2, -0.15) is 0 Å². The minimum Gasteiger partial charge on any atom is -0.508 e. The molecule has 222 valence electrons. The Kier molecular flexibility index (Phi) is 7.95. The third-order valence-corrected chi connectivity index (χ3v) is 7.37. The summed E-state index contributed by atoms with van der Waals surface area (Å²) in [7, 11) is 0. The molecule has 41 heavy (non-hydrogen) atoms. The number of rotatable bonds is 5. The molecule has 2 fully saturated rings. The zero-order chi connectivity index (χ0) is 29.7. The predicted molar refractivity (Wildman–Crippen MR) is 137 cm³/mol. The molecule has 2 aliphatic rings. The molecule has 1 aromatic heterocycles. The van der Waals surface area contributed by atoms with Crippen molar-refractivity contribution in [2.24, 2.45) is 0 Å². The van der Waals surface area contributed by atoms with E-state index in [-0.39, 0.29) is 33.8 Å². The quantitative estimate of drug-likeness (QED) is 0.169. The Labute approximate surface area is 231 Å². The van der Waals surface area contributed by atoms with Crippen LogP contribution >= 0.6 is 0 Å². The van der Waals surface area contributed by atoms with E-state index in [4.69, 9.17) is 18.6 Å². The van der Waals surface area contributed by atoms with E-state index >= 15 is 0 Å². The number of aliphatic hydroxyl groups excluding tert-OH is 7. The van der Waals surface area contributed by atoms with Crippen LogP contribution in [0.25, 0.3) is 22.3 Å². The average molecular weight is 579 g/mol. The van der Waals surface area contributed by atoms with Gasteiger partial charge >= 0.3 is 0 Å². The number of hydrogen-bond acceptors (Lipinski definition) is 14. The largest absolute Gasteiger partial charge is 0.508 e. The van der Waals surface area contributed by atoms with Crippen LogP contribution in [0, 0.1) is 0 Å². The standard InChI is InChI=1S/C27H30O14/c1-9-19(31)22(34)24(36)26(38-9)18-15(40-27-25(37)23(35)20(32)16(8-28)41-27)7-14-17(21(18)33)12(30)6-13(39-14)10-2-4-11(29)5-3-10/h2-7,9,16,19-20,22-29,31-37H,8H2,1H3/t9-,16+,19-,20+,22-,23-,24+,25+,26-,27+/m0/s1. The van der Waals surface area contributed by atoms with Crippen LogP contribution in [0.15, 0.2) is 45.6 Å². The summed E-state index contributed by atoms with van der Waals surface area (Å²) in [6.45, 7) is 0.652. The first kappa shape index (κ1) is 29.2. The fraction of sp³-hybridized carbons (Fsp3) is 0.444. The van der Waals surface area contributed by atoms with Crippen molar-refractivity contribution in [2.45, 2.75) is 68.1 Å². The molecule has 9 N–H and O–H groups in total. The van der Waals surface area contributed by atoms with E-state index in [0.29, 0.717) is 5.56 Å². The van der Waals surface area contributed by atoms with Crippen molar-refractivity contribution in [3.8, 4) is 28.6 Å². The number of benzene rings is 2. The van der Waals surface area contributed by atoms with Crippen LogP contribution in [-0.4, -0.2) is 108 Å². The lowest BCUT2D eigenvalue weighted by molar-refractivity contribution is -0.278. The molecule has 0 unspecified atom stereocenters. The second-order valence-corrected chi connectivity index (χ2v) is 10.1. The second kappa shape index (κ2) is 11.2. The van der Waals surface area contributed by atoms with E-state index in [1.807, 2.05) is 0 Å². The zero-order valence-corrected chi connectivity index (χ0v) is 21.5. The number of ether oxygens (including phenoxy) is 3. The number of aromatic hydroxyl groups is 2. The number of aliphatic hydroxyl groups is 7. The molecule has 0 aliphatic carbocycles. The lowest BCUT2D eigenvalue weighted by Gasteiger charge is -2.41. The third kappa shape index (κ3) is 5.14. The van der Waals surface area contributed by atoms with Gasteiger partial charge in [0.05, 0.1) is 18.3 Å². The smallest absolute Gasteiger partial charge is 0.229 e. The Hall–Kier alpha value is -3.31. The highest BCUT2D eigenvalue weighted by Gasteiger charge is 2.47. The molecule has 14 nitrogen and oxygen atoms in total. The maximum absolute atomic E-state index is 13.2. The molecule has 2 saturated heterocycles. The Morgan fingerprint density at radius 1 is 0.829 bits per heavy atom. The summed E-state index contributed by atoms with van der Waals surface area (Å²) in [5.41, 5.74) is -0.907. The van der Waals surface area contributed by atoms with Crippen molar-refractivity contribution in [1.82, 2.24) is 0 Å². The second-order valence-electron chi connectivity index (χ2n) is 10.1. The third-order valence-electron chi connectivity index (χ3n) is 7.37. The molecule has 0 saturated carbocycles. The first-order chi connectivity index (χ1) is 19.4. The fourth-order valence-corrected chi connectivity index (χ4v) is 5.01. The summed E-state index contributed by atoms with van der Waals surface area (Å²) in [5.74, 6) is -1.13. The normalized spacial score (nSPS) is 34.0.